The van der Waals surface area contributed by atoms with Crippen LogP contribution in [-0.2, 0) is 4.79 Å². The molecule has 2 fully saturated rings. The van der Waals surface area contributed by atoms with Crippen molar-refractivity contribution in [1.29, 1.82) is 0 Å². The largest absolute Gasteiger partial charge is 0.325 e. The molecule has 2 rings (SSSR count). The molecule has 1 N–H and O–H groups in total. The highest BCUT2D eigenvalue weighted by Gasteiger charge is 2.51. The van der Waals surface area contributed by atoms with Crippen LogP contribution in [0.2, 0.25) is 0 Å². The predicted octanol–water partition coefficient (Wildman–Crippen LogP) is 0.781. The zero-order valence-corrected chi connectivity index (χ0v) is 8.85. The van der Waals surface area contributed by atoms with Crippen molar-refractivity contribution in [3.8, 4) is 0 Å². The Hall–Kier alpha value is -0.710. The van der Waals surface area contributed by atoms with E-state index in [1.807, 2.05) is 0 Å². The molecule has 14 heavy (non-hydrogen) atoms. The summed E-state index contributed by atoms with van der Waals surface area (Å²) in [6.45, 7) is 0.412. The Labute approximate surface area is 88.4 Å². The van der Waals surface area contributed by atoms with Crippen LogP contribution in [0.1, 0.15) is 25.7 Å². The van der Waals surface area contributed by atoms with Gasteiger partial charge in [-0.05, 0) is 12.8 Å². The third-order valence-corrected chi connectivity index (χ3v) is 3.23. The number of imide groups is 1. The maximum atomic E-state index is 11.9. The SMILES string of the molecule is O=C1NC2(CCCC2)C(=O)N1CCS. The molecule has 3 amide bonds. The van der Waals surface area contributed by atoms with Crippen molar-refractivity contribution in [3.63, 3.8) is 0 Å². The molecule has 0 unspecified atom stereocenters. The van der Waals surface area contributed by atoms with Gasteiger partial charge in [0.2, 0.25) is 0 Å². The first kappa shape index (κ1) is 9.83. The summed E-state index contributed by atoms with van der Waals surface area (Å²) in [4.78, 5) is 24.7. The van der Waals surface area contributed by atoms with E-state index in [0.29, 0.717) is 12.3 Å². The molecular formula is C9H14N2O2S. The average molecular weight is 214 g/mol. The number of urea groups is 1. The Kier molecular flexibility index (Phi) is 2.43. The van der Waals surface area contributed by atoms with Crippen molar-refractivity contribution >= 4 is 24.6 Å². The minimum Gasteiger partial charge on any atom is -0.323 e. The number of amides is 3. The molecule has 1 heterocycles. The number of thiol groups is 1. The van der Waals surface area contributed by atoms with E-state index < -0.39 is 5.54 Å². The summed E-state index contributed by atoms with van der Waals surface area (Å²) in [5.41, 5.74) is -0.556. The second-order valence-corrected chi connectivity index (χ2v) is 4.35. The van der Waals surface area contributed by atoms with E-state index in [4.69, 9.17) is 0 Å². The van der Waals surface area contributed by atoms with E-state index >= 15 is 0 Å². The van der Waals surface area contributed by atoms with Crippen molar-refractivity contribution < 1.29 is 9.59 Å². The molecule has 0 aromatic rings. The molecule has 78 valence electrons. The Balaban J connectivity index is 2.18. The van der Waals surface area contributed by atoms with Gasteiger partial charge in [0.25, 0.3) is 5.91 Å². The number of hydrogen-bond acceptors (Lipinski definition) is 3. The van der Waals surface area contributed by atoms with Crippen molar-refractivity contribution in [1.82, 2.24) is 10.2 Å². The third kappa shape index (κ3) is 1.30. The maximum Gasteiger partial charge on any atom is 0.325 e. The van der Waals surface area contributed by atoms with E-state index in [-0.39, 0.29) is 11.9 Å². The van der Waals surface area contributed by atoms with Crippen LogP contribution >= 0.6 is 12.6 Å². The minimum absolute atomic E-state index is 0.0472. The molecule has 5 heteroatoms. The summed E-state index contributed by atoms with van der Waals surface area (Å²) in [6.07, 6.45) is 3.64. The van der Waals surface area contributed by atoms with Crippen LogP contribution in [0.15, 0.2) is 0 Å². The number of nitrogens with zero attached hydrogens (tertiary/aromatic N) is 1. The average Bonchev–Trinajstić information content (AvgIpc) is 2.69. The van der Waals surface area contributed by atoms with Gasteiger partial charge in [-0.3, -0.25) is 9.69 Å². The zero-order valence-electron chi connectivity index (χ0n) is 7.95. The van der Waals surface area contributed by atoms with Gasteiger partial charge in [0.1, 0.15) is 5.54 Å². The normalized spacial score (nSPS) is 24.8. The highest BCUT2D eigenvalue weighted by atomic mass is 32.1. The first-order valence-electron chi connectivity index (χ1n) is 4.95. The number of rotatable bonds is 2. The molecule has 1 aliphatic carbocycles. The van der Waals surface area contributed by atoms with Gasteiger partial charge < -0.3 is 5.32 Å². The maximum absolute atomic E-state index is 11.9. The molecule has 0 radical (unpaired) electrons. The van der Waals surface area contributed by atoms with Crippen LogP contribution in [0, 0.1) is 0 Å². The number of hydrogen-bond donors (Lipinski definition) is 2. The molecule has 1 aliphatic heterocycles. The molecule has 4 nitrogen and oxygen atoms in total. The summed E-state index contributed by atoms with van der Waals surface area (Å²) in [5.74, 6) is 0.476. The lowest BCUT2D eigenvalue weighted by atomic mass is 9.98. The van der Waals surface area contributed by atoms with Crippen LogP contribution in [0.4, 0.5) is 4.79 Å². The van der Waals surface area contributed by atoms with Crippen molar-refractivity contribution in [2.75, 3.05) is 12.3 Å². The quantitative estimate of drug-likeness (QED) is 0.527. The molecule has 0 atom stereocenters. The lowest BCUT2D eigenvalue weighted by Gasteiger charge is -2.19. The lowest BCUT2D eigenvalue weighted by molar-refractivity contribution is -0.130. The van der Waals surface area contributed by atoms with Crippen molar-refractivity contribution in [2.24, 2.45) is 0 Å². The monoisotopic (exact) mass is 214 g/mol. The fourth-order valence-electron chi connectivity index (χ4n) is 2.30. The van der Waals surface area contributed by atoms with Gasteiger partial charge in [0.05, 0.1) is 0 Å². The van der Waals surface area contributed by atoms with Crippen LogP contribution in [0.5, 0.6) is 0 Å². The smallest absolute Gasteiger partial charge is 0.323 e. The molecule has 1 spiro atoms. The van der Waals surface area contributed by atoms with Gasteiger partial charge in [-0.25, -0.2) is 4.79 Å². The van der Waals surface area contributed by atoms with Crippen LogP contribution < -0.4 is 5.32 Å². The van der Waals surface area contributed by atoms with Gasteiger partial charge in [0.15, 0.2) is 0 Å². The summed E-state index contributed by atoms with van der Waals surface area (Å²) in [5, 5.41) is 2.82. The first-order valence-corrected chi connectivity index (χ1v) is 5.58. The lowest BCUT2D eigenvalue weighted by Crippen LogP contribution is -2.44. The van der Waals surface area contributed by atoms with Gasteiger partial charge in [-0.2, -0.15) is 12.6 Å². The van der Waals surface area contributed by atoms with E-state index in [9.17, 15) is 9.59 Å². The molecular weight excluding hydrogens is 200 g/mol. The predicted molar refractivity (Wildman–Crippen MR) is 55.3 cm³/mol. The standard InChI is InChI=1S/C9H14N2O2S/c12-7-9(3-1-2-4-9)10-8(13)11(7)5-6-14/h14H,1-6H2,(H,10,13). The fourth-order valence-corrected chi connectivity index (χ4v) is 2.50. The van der Waals surface area contributed by atoms with Gasteiger partial charge >= 0.3 is 6.03 Å². The van der Waals surface area contributed by atoms with Gasteiger partial charge in [-0.15, -0.1) is 0 Å². The molecule has 0 bridgehead atoms. The molecule has 1 saturated carbocycles. The van der Waals surface area contributed by atoms with E-state index in [1.165, 1.54) is 4.90 Å². The summed E-state index contributed by atoms with van der Waals surface area (Å²) in [7, 11) is 0. The van der Waals surface area contributed by atoms with Gasteiger partial charge in [-0.1, -0.05) is 12.8 Å². The summed E-state index contributed by atoms with van der Waals surface area (Å²) >= 11 is 4.03. The minimum atomic E-state index is -0.556. The number of carbonyl (C=O) groups excluding carboxylic acids is 2. The third-order valence-electron chi connectivity index (χ3n) is 3.03. The van der Waals surface area contributed by atoms with E-state index in [2.05, 4.69) is 17.9 Å². The molecule has 0 aromatic heterocycles. The number of carbonyl (C=O) groups is 2. The van der Waals surface area contributed by atoms with Crippen LogP contribution in [0.3, 0.4) is 0 Å². The van der Waals surface area contributed by atoms with Gasteiger partial charge in [0, 0.05) is 12.3 Å². The first-order chi connectivity index (χ1) is 6.69. The topological polar surface area (TPSA) is 49.4 Å². The highest BCUT2D eigenvalue weighted by molar-refractivity contribution is 7.80. The number of nitrogens with one attached hydrogen (secondary N) is 1. The molecule has 0 aromatic carbocycles. The van der Waals surface area contributed by atoms with Crippen molar-refractivity contribution in [3.05, 3.63) is 0 Å². The molecule has 1 saturated heterocycles. The Bertz CT molecular complexity index is 274. The molecule has 2 aliphatic rings. The summed E-state index contributed by atoms with van der Waals surface area (Å²) in [6, 6.07) is -0.244. The second kappa shape index (κ2) is 3.46. The Morgan fingerprint density at radius 2 is 2.00 bits per heavy atom. The van der Waals surface area contributed by atoms with Crippen LogP contribution in [0.25, 0.3) is 0 Å². The highest BCUT2D eigenvalue weighted by Crippen LogP contribution is 2.34. The second-order valence-electron chi connectivity index (χ2n) is 3.90. The fraction of sp³-hybridized carbons (Fsp3) is 0.778. The Morgan fingerprint density at radius 1 is 1.36 bits per heavy atom. The summed E-state index contributed by atoms with van der Waals surface area (Å²) < 4.78 is 0. The Morgan fingerprint density at radius 3 is 2.57 bits per heavy atom. The van der Waals surface area contributed by atoms with Crippen LogP contribution in [-0.4, -0.2) is 34.7 Å². The van der Waals surface area contributed by atoms with E-state index in [0.717, 1.165) is 25.7 Å². The van der Waals surface area contributed by atoms with Crippen molar-refractivity contribution in [2.45, 2.75) is 31.2 Å². The van der Waals surface area contributed by atoms with E-state index in [1.54, 1.807) is 0 Å². The zero-order chi connectivity index (χ0) is 10.2.